The van der Waals surface area contributed by atoms with E-state index in [9.17, 15) is 4.57 Å². The van der Waals surface area contributed by atoms with Crippen molar-refractivity contribution in [2.75, 3.05) is 6.61 Å². The molecule has 0 unspecified atom stereocenters. The molecule has 0 aromatic carbocycles. The van der Waals surface area contributed by atoms with Gasteiger partial charge in [0.25, 0.3) is 0 Å². The molecule has 0 N–H and O–H groups in total. The van der Waals surface area contributed by atoms with Crippen LogP contribution in [0.1, 0.15) is 47.5 Å². The van der Waals surface area contributed by atoms with Gasteiger partial charge in [0.05, 0.1) is 6.61 Å². The van der Waals surface area contributed by atoms with Gasteiger partial charge in [-0.15, -0.1) is 0 Å². The van der Waals surface area contributed by atoms with Gasteiger partial charge in [0, 0.05) is 10.5 Å². The molecule has 0 aliphatic rings. The van der Waals surface area contributed by atoms with Crippen molar-refractivity contribution in [1.29, 1.82) is 0 Å². The van der Waals surface area contributed by atoms with Crippen LogP contribution in [-0.2, 0) is 9.09 Å². The Labute approximate surface area is 102 Å². The Balaban J connectivity index is 4.37. The van der Waals surface area contributed by atoms with Crippen LogP contribution in [0.15, 0.2) is 0 Å². The minimum Gasteiger partial charge on any atom is -0.314 e. The largest absolute Gasteiger partial charge is 0.314 e. The van der Waals surface area contributed by atoms with Crippen molar-refractivity contribution < 1.29 is 9.09 Å². The quantitative estimate of drug-likeness (QED) is 0.567. The van der Waals surface area contributed by atoms with E-state index in [4.69, 9.17) is 4.52 Å². The molecule has 0 saturated heterocycles. The predicted molar refractivity (Wildman–Crippen MR) is 73.9 cm³/mol. The van der Waals surface area contributed by atoms with Gasteiger partial charge in [-0.2, -0.15) is 0 Å². The van der Waals surface area contributed by atoms with Gasteiger partial charge in [-0.3, -0.25) is 4.57 Å². The average Bonchev–Trinajstić information content (AvgIpc) is 2.17. The molecule has 0 aliphatic carbocycles. The third kappa shape index (κ3) is 6.93. The van der Waals surface area contributed by atoms with Crippen LogP contribution in [0.5, 0.6) is 0 Å². The van der Waals surface area contributed by atoms with E-state index in [1.807, 2.05) is 6.92 Å². The monoisotopic (exact) mass is 270 g/mol. The van der Waals surface area contributed by atoms with Gasteiger partial charge in [0.15, 0.2) is 0 Å². The zero-order chi connectivity index (χ0) is 11.9. The van der Waals surface area contributed by atoms with Gasteiger partial charge < -0.3 is 4.52 Å². The zero-order valence-electron chi connectivity index (χ0n) is 10.4. The van der Waals surface area contributed by atoms with E-state index in [-0.39, 0.29) is 0 Å². The molecule has 5 heteroatoms. The summed E-state index contributed by atoms with van der Waals surface area (Å²) in [5.41, 5.74) is 0. The lowest BCUT2D eigenvalue weighted by Crippen LogP contribution is -1.98. The fraction of sp³-hybridized carbons (Fsp3) is 1.00. The van der Waals surface area contributed by atoms with Crippen molar-refractivity contribution in [3.05, 3.63) is 0 Å². The van der Waals surface area contributed by atoms with Crippen LogP contribution in [-0.4, -0.2) is 17.1 Å². The molecular weight excluding hydrogens is 247 g/mol. The van der Waals surface area contributed by atoms with Gasteiger partial charge in [0.1, 0.15) is 0 Å². The van der Waals surface area contributed by atoms with E-state index in [0.29, 0.717) is 17.1 Å². The van der Waals surface area contributed by atoms with E-state index in [1.54, 1.807) is 0 Å². The first kappa shape index (κ1) is 15.9. The molecule has 2 atom stereocenters. The highest BCUT2D eigenvalue weighted by Gasteiger charge is 2.28. The molecule has 2 nitrogen and oxygen atoms in total. The number of hydrogen-bond donors (Lipinski definition) is 0. The van der Waals surface area contributed by atoms with Crippen molar-refractivity contribution in [3.8, 4) is 0 Å². The van der Waals surface area contributed by atoms with Gasteiger partial charge in [0.2, 0.25) is 0 Å². The predicted octanol–water partition coefficient (Wildman–Crippen LogP) is 5.19. The van der Waals surface area contributed by atoms with Crippen molar-refractivity contribution >= 4 is 28.5 Å². The van der Waals surface area contributed by atoms with E-state index < -0.39 is 5.77 Å². The third-order valence-corrected chi connectivity index (χ3v) is 10.4. The molecule has 0 aromatic rings. The van der Waals surface area contributed by atoms with Crippen molar-refractivity contribution in [2.45, 2.75) is 58.0 Å². The van der Waals surface area contributed by atoms with Crippen LogP contribution in [0, 0.1) is 0 Å². The molecule has 0 bridgehead atoms. The summed E-state index contributed by atoms with van der Waals surface area (Å²) in [7, 11) is 0. The minimum absolute atomic E-state index is 0.402. The lowest BCUT2D eigenvalue weighted by molar-refractivity contribution is 0.357. The number of rotatable bonds is 8. The Morgan fingerprint density at radius 3 is 1.73 bits per heavy atom. The lowest BCUT2D eigenvalue weighted by Gasteiger charge is -2.21. The van der Waals surface area contributed by atoms with E-state index >= 15 is 0 Å². The highest BCUT2D eigenvalue weighted by atomic mass is 33.1. The molecule has 0 aromatic heterocycles. The second-order valence-corrected chi connectivity index (χ2v) is 11.5. The molecule has 0 spiro atoms. The Kier molecular flexibility index (Phi) is 8.53. The molecule has 0 amide bonds. The summed E-state index contributed by atoms with van der Waals surface area (Å²) in [6, 6.07) is 0. The zero-order valence-corrected chi connectivity index (χ0v) is 12.9. The van der Waals surface area contributed by atoms with Gasteiger partial charge in [-0.25, -0.2) is 0 Å². The van der Waals surface area contributed by atoms with Crippen LogP contribution in [0.2, 0.25) is 0 Å². The summed E-state index contributed by atoms with van der Waals surface area (Å²) in [6.45, 7) is 10.9. The maximum Gasteiger partial charge on any atom is 0.313 e. The Bertz CT molecular complexity index is 196. The first-order chi connectivity index (χ1) is 6.97. The van der Waals surface area contributed by atoms with Gasteiger partial charge >= 0.3 is 5.77 Å². The minimum atomic E-state index is -2.53. The first-order valence-corrected chi connectivity index (χ1v) is 10.2. The Morgan fingerprint density at radius 2 is 1.47 bits per heavy atom. The normalized spacial score (nSPS) is 16.3. The maximum atomic E-state index is 12.5. The van der Waals surface area contributed by atoms with E-state index in [1.165, 1.54) is 22.8 Å². The standard InChI is InChI=1S/C10H23O2PS2/c1-6-9(4)14-13(11,12-8-3)15-10(5)7-2/h9-10H,6-8H2,1-5H3/t9-,10-/m0/s1. The molecule has 0 fully saturated rings. The lowest BCUT2D eigenvalue weighted by atomic mass is 10.4. The second-order valence-electron chi connectivity index (χ2n) is 3.51. The van der Waals surface area contributed by atoms with Crippen LogP contribution in [0.3, 0.4) is 0 Å². The maximum absolute atomic E-state index is 12.5. The highest BCUT2D eigenvalue weighted by Crippen LogP contribution is 2.72. The molecule has 92 valence electrons. The smallest absolute Gasteiger partial charge is 0.313 e. The van der Waals surface area contributed by atoms with Crippen LogP contribution >= 0.6 is 28.5 Å². The number of hydrogen-bond acceptors (Lipinski definition) is 4. The highest BCUT2D eigenvalue weighted by molar-refractivity contribution is 8.89. The van der Waals surface area contributed by atoms with E-state index in [2.05, 4.69) is 27.7 Å². The van der Waals surface area contributed by atoms with Crippen LogP contribution in [0.4, 0.5) is 0 Å². The Hall–Kier alpha value is 0.890. The van der Waals surface area contributed by atoms with Crippen molar-refractivity contribution in [1.82, 2.24) is 0 Å². The van der Waals surface area contributed by atoms with Crippen LogP contribution in [0.25, 0.3) is 0 Å². The molecule has 0 saturated carbocycles. The summed E-state index contributed by atoms with van der Waals surface area (Å²) in [5, 5.41) is 0.804. The topological polar surface area (TPSA) is 26.3 Å². The summed E-state index contributed by atoms with van der Waals surface area (Å²) < 4.78 is 17.9. The second kappa shape index (κ2) is 8.05. The van der Waals surface area contributed by atoms with Gasteiger partial charge in [-0.1, -0.05) is 50.5 Å². The summed E-state index contributed by atoms with van der Waals surface area (Å²) >= 11 is 3.02. The summed E-state index contributed by atoms with van der Waals surface area (Å²) in [5.74, 6) is -2.53. The van der Waals surface area contributed by atoms with Crippen molar-refractivity contribution in [2.24, 2.45) is 0 Å². The summed E-state index contributed by atoms with van der Waals surface area (Å²) in [4.78, 5) is 0. The third-order valence-electron chi connectivity index (χ3n) is 2.06. The van der Waals surface area contributed by atoms with Crippen molar-refractivity contribution in [3.63, 3.8) is 0 Å². The fourth-order valence-electron chi connectivity index (χ4n) is 0.834. The van der Waals surface area contributed by atoms with Crippen LogP contribution < -0.4 is 0 Å². The SMILES string of the molecule is CCOP(=O)(S[C@@H](C)CC)S[C@@H](C)CC. The molecule has 0 rings (SSSR count). The molecular formula is C10H23O2PS2. The fourth-order valence-corrected chi connectivity index (χ4v) is 10.3. The van der Waals surface area contributed by atoms with E-state index in [0.717, 1.165) is 12.8 Å². The average molecular weight is 270 g/mol. The first-order valence-electron chi connectivity index (χ1n) is 5.58. The Morgan fingerprint density at radius 1 is 1.07 bits per heavy atom. The van der Waals surface area contributed by atoms with Gasteiger partial charge in [-0.05, 0) is 19.8 Å². The molecule has 15 heavy (non-hydrogen) atoms. The molecule has 0 radical (unpaired) electrons. The summed E-state index contributed by atoms with van der Waals surface area (Å²) in [6.07, 6.45) is 2.06. The molecule has 0 aliphatic heterocycles. The molecule has 0 heterocycles.